The van der Waals surface area contributed by atoms with Gasteiger partial charge in [-0.2, -0.15) is 5.26 Å². The summed E-state index contributed by atoms with van der Waals surface area (Å²) in [7, 11) is 0. The van der Waals surface area contributed by atoms with E-state index in [-0.39, 0.29) is 17.6 Å². The second kappa shape index (κ2) is 11.3. The summed E-state index contributed by atoms with van der Waals surface area (Å²) in [4.78, 5) is 26.0. The van der Waals surface area contributed by atoms with Crippen LogP contribution in [0.2, 0.25) is 0 Å². The van der Waals surface area contributed by atoms with Crippen molar-refractivity contribution in [2.24, 2.45) is 0 Å². The Morgan fingerprint density at radius 1 is 1.08 bits per heavy atom. The van der Waals surface area contributed by atoms with E-state index in [9.17, 15) is 14.9 Å². The molecular weight excluding hydrogens is 540 g/mol. The van der Waals surface area contributed by atoms with E-state index < -0.39 is 5.92 Å². The van der Waals surface area contributed by atoms with Crippen LogP contribution >= 0.6 is 27.7 Å². The van der Waals surface area contributed by atoms with Gasteiger partial charge in [0, 0.05) is 21.5 Å². The third kappa shape index (κ3) is 5.73. The number of anilines is 2. The molecule has 7 nitrogen and oxygen atoms in total. The van der Waals surface area contributed by atoms with Crippen LogP contribution in [0.5, 0.6) is 0 Å². The summed E-state index contributed by atoms with van der Waals surface area (Å²) in [5, 5.41) is 19.6. The van der Waals surface area contributed by atoms with Gasteiger partial charge < -0.3 is 20.4 Å². The number of carbonyl (C=O) groups is 2. The number of benzene rings is 2. The van der Waals surface area contributed by atoms with Gasteiger partial charge in [-0.3, -0.25) is 9.59 Å². The van der Waals surface area contributed by atoms with Crippen LogP contribution in [-0.2, 0) is 9.59 Å². The Labute approximate surface area is 221 Å². The van der Waals surface area contributed by atoms with Gasteiger partial charge in [0.2, 0.25) is 5.91 Å². The molecule has 1 unspecified atom stereocenters. The molecule has 2 aromatic carbocycles. The van der Waals surface area contributed by atoms with Crippen molar-refractivity contribution in [3.63, 3.8) is 0 Å². The average molecular weight is 563 g/mol. The third-order valence-electron chi connectivity index (χ3n) is 5.59. The van der Waals surface area contributed by atoms with E-state index in [1.54, 1.807) is 31.2 Å². The quantitative estimate of drug-likeness (QED) is 0.323. The van der Waals surface area contributed by atoms with Crippen molar-refractivity contribution in [2.45, 2.75) is 19.8 Å². The van der Waals surface area contributed by atoms with Crippen molar-refractivity contribution < 1.29 is 14.0 Å². The molecule has 182 valence electrons. The highest BCUT2D eigenvalue weighted by Crippen LogP contribution is 2.41. The minimum absolute atomic E-state index is 0.0759. The zero-order valence-corrected chi connectivity index (χ0v) is 22.0. The van der Waals surface area contributed by atoms with Crippen molar-refractivity contribution in [3.8, 4) is 6.07 Å². The molecule has 0 saturated heterocycles. The van der Waals surface area contributed by atoms with Gasteiger partial charge in [-0.15, -0.1) is 0 Å². The first-order valence-electron chi connectivity index (χ1n) is 11.1. The lowest BCUT2D eigenvalue weighted by Gasteiger charge is -2.28. The fourth-order valence-corrected chi connectivity index (χ4v) is 4.99. The molecule has 4 rings (SSSR count). The van der Waals surface area contributed by atoms with Gasteiger partial charge in [0.25, 0.3) is 5.91 Å². The fraction of sp³-hybridized carbons (Fsp3) is 0.148. The van der Waals surface area contributed by atoms with Gasteiger partial charge in [0.15, 0.2) is 0 Å². The first-order valence-corrected chi connectivity index (χ1v) is 12.9. The van der Waals surface area contributed by atoms with E-state index in [1.807, 2.05) is 43.3 Å². The Morgan fingerprint density at radius 2 is 1.83 bits per heavy atom. The van der Waals surface area contributed by atoms with Crippen LogP contribution in [-0.4, -0.2) is 17.6 Å². The van der Waals surface area contributed by atoms with Crippen LogP contribution in [0.25, 0.3) is 0 Å². The SMILES string of the molecule is CC1=C(C(=O)Nc2ccccc2C)C(c2ccco2)C(C#N)=C(SCC(=O)Nc2ccc(Br)cc2)N1. The van der Waals surface area contributed by atoms with Gasteiger partial charge in [-0.25, -0.2) is 0 Å². The smallest absolute Gasteiger partial charge is 0.254 e. The van der Waals surface area contributed by atoms with E-state index in [4.69, 9.17) is 4.42 Å². The van der Waals surface area contributed by atoms with Crippen LogP contribution in [0.1, 0.15) is 24.2 Å². The summed E-state index contributed by atoms with van der Waals surface area (Å²) < 4.78 is 6.57. The maximum absolute atomic E-state index is 13.4. The van der Waals surface area contributed by atoms with Gasteiger partial charge >= 0.3 is 0 Å². The van der Waals surface area contributed by atoms with Crippen molar-refractivity contribution in [2.75, 3.05) is 16.4 Å². The first-order chi connectivity index (χ1) is 17.4. The summed E-state index contributed by atoms with van der Waals surface area (Å²) in [6.45, 7) is 3.69. The molecule has 3 aromatic rings. The Bertz CT molecular complexity index is 1390. The lowest BCUT2D eigenvalue weighted by atomic mass is 9.85. The number of allylic oxidation sites excluding steroid dienone is 2. The predicted octanol–water partition coefficient (Wildman–Crippen LogP) is 6.06. The normalized spacial score (nSPS) is 15.2. The van der Waals surface area contributed by atoms with Crippen molar-refractivity contribution in [1.29, 1.82) is 5.26 Å². The summed E-state index contributed by atoms with van der Waals surface area (Å²) in [5.41, 5.74) is 3.56. The number of hydrogen-bond acceptors (Lipinski definition) is 6. The zero-order chi connectivity index (χ0) is 25.7. The average Bonchev–Trinajstić information content (AvgIpc) is 3.39. The Hall–Kier alpha value is -3.74. The summed E-state index contributed by atoms with van der Waals surface area (Å²) in [6.07, 6.45) is 1.51. The number of nitriles is 1. The van der Waals surface area contributed by atoms with Gasteiger partial charge in [-0.1, -0.05) is 45.9 Å². The van der Waals surface area contributed by atoms with Crippen LogP contribution in [0.3, 0.4) is 0 Å². The molecule has 1 aromatic heterocycles. The third-order valence-corrected chi connectivity index (χ3v) is 7.13. The highest BCUT2D eigenvalue weighted by Gasteiger charge is 2.36. The lowest BCUT2D eigenvalue weighted by molar-refractivity contribution is -0.114. The second-order valence-electron chi connectivity index (χ2n) is 8.08. The van der Waals surface area contributed by atoms with Crippen LogP contribution < -0.4 is 16.0 Å². The minimum atomic E-state index is -0.715. The van der Waals surface area contributed by atoms with Crippen molar-refractivity contribution in [3.05, 3.63) is 105 Å². The molecule has 0 fully saturated rings. The molecule has 9 heteroatoms. The van der Waals surface area contributed by atoms with E-state index in [2.05, 4.69) is 37.9 Å². The van der Waals surface area contributed by atoms with Crippen LogP contribution in [0.4, 0.5) is 11.4 Å². The molecule has 0 spiro atoms. The van der Waals surface area contributed by atoms with Crippen LogP contribution in [0.15, 0.2) is 97.7 Å². The Balaban J connectivity index is 1.58. The highest BCUT2D eigenvalue weighted by atomic mass is 79.9. The molecule has 0 aliphatic carbocycles. The number of rotatable bonds is 7. The lowest BCUT2D eigenvalue weighted by Crippen LogP contribution is -2.31. The largest absolute Gasteiger partial charge is 0.468 e. The number of furan rings is 1. The van der Waals surface area contributed by atoms with Crippen molar-refractivity contribution >= 4 is 50.9 Å². The number of dihydropyridines is 1. The van der Waals surface area contributed by atoms with Gasteiger partial charge in [-0.05, 0) is 61.9 Å². The Morgan fingerprint density at radius 3 is 2.50 bits per heavy atom. The molecule has 0 saturated carbocycles. The van der Waals surface area contributed by atoms with E-state index in [0.29, 0.717) is 39.0 Å². The number of carbonyl (C=O) groups excluding carboxylic acids is 2. The molecular formula is C27H23BrN4O3S. The monoisotopic (exact) mass is 562 g/mol. The molecule has 0 radical (unpaired) electrons. The van der Waals surface area contributed by atoms with Gasteiger partial charge in [0.1, 0.15) is 5.76 Å². The molecule has 0 bridgehead atoms. The number of nitrogens with zero attached hydrogens (tertiary/aromatic N) is 1. The fourth-order valence-electron chi connectivity index (χ4n) is 3.84. The van der Waals surface area contributed by atoms with E-state index in [1.165, 1.54) is 18.0 Å². The minimum Gasteiger partial charge on any atom is -0.468 e. The van der Waals surface area contributed by atoms with Gasteiger partial charge in [0.05, 0.1) is 40.2 Å². The number of aryl methyl sites for hydroxylation is 1. The van der Waals surface area contributed by atoms with Crippen molar-refractivity contribution in [1.82, 2.24) is 5.32 Å². The summed E-state index contributed by atoms with van der Waals surface area (Å²) in [5.74, 6) is -0.715. The molecule has 3 N–H and O–H groups in total. The first kappa shape index (κ1) is 25.4. The molecule has 1 aliphatic heterocycles. The number of hydrogen-bond donors (Lipinski definition) is 3. The maximum Gasteiger partial charge on any atom is 0.254 e. The summed E-state index contributed by atoms with van der Waals surface area (Å²) in [6, 6.07) is 20.5. The second-order valence-corrected chi connectivity index (χ2v) is 9.98. The molecule has 1 aliphatic rings. The number of halogens is 1. The highest BCUT2D eigenvalue weighted by molar-refractivity contribution is 9.10. The maximum atomic E-state index is 13.4. The molecule has 1 atom stereocenters. The molecule has 36 heavy (non-hydrogen) atoms. The number of thioether (sulfide) groups is 1. The van der Waals surface area contributed by atoms with Crippen LogP contribution in [0, 0.1) is 18.3 Å². The number of amides is 2. The topological polar surface area (TPSA) is 107 Å². The zero-order valence-electron chi connectivity index (χ0n) is 19.6. The molecule has 2 amide bonds. The van der Waals surface area contributed by atoms with E-state index in [0.717, 1.165) is 10.0 Å². The Kier molecular flexibility index (Phi) is 7.98. The standard InChI is InChI=1S/C27H23BrN4O3S/c1-16-6-3-4-7-21(16)32-26(34)24-17(2)30-27(20(14-29)25(24)22-8-5-13-35-22)36-15-23(33)31-19-11-9-18(28)10-12-19/h3-13,25,30H,15H2,1-2H3,(H,31,33)(H,32,34). The summed E-state index contributed by atoms with van der Waals surface area (Å²) >= 11 is 4.57. The molecule has 2 heterocycles. The van der Waals surface area contributed by atoms with E-state index >= 15 is 0 Å². The number of nitrogens with one attached hydrogen (secondary N) is 3. The predicted molar refractivity (Wildman–Crippen MR) is 145 cm³/mol. The number of para-hydroxylation sites is 1.